The summed E-state index contributed by atoms with van der Waals surface area (Å²) in [5, 5.41) is 4.67. The number of amides is 1. The molecule has 0 spiro atoms. The van der Waals surface area contributed by atoms with Crippen LogP contribution in [0, 0.1) is 5.82 Å². The predicted molar refractivity (Wildman–Crippen MR) is 93.5 cm³/mol. The molecule has 2 rings (SSSR count). The molecule has 128 valence electrons. The number of benzene rings is 1. The predicted octanol–water partition coefficient (Wildman–Crippen LogP) is 3.62. The van der Waals surface area contributed by atoms with Crippen LogP contribution < -0.4 is 5.32 Å². The maximum absolute atomic E-state index is 12.8. The molecule has 7 heteroatoms. The number of hydrogen-bond acceptors (Lipinski definition) is 5. The maximum atomic E-state index is 12.8. The van der Waals surface area contributed by atoms with Gasteiger partial charge in [0.2, 0.25) is 0 Å². The highest BCUT2D eigenvalue weighted by Gasteiger charge is 2.17. The summed E-state index contributed by atoms with van der Waals surface area (Å²) in [6, 6.07) is 9.90. The van der Waals surface area contributed by atoms with Crippen LogP contribution in [0.25, 0.3) is 0 Å². The second kappa shape index (κ2) is 9.44. The van der Waals surface area contributed by atoms with Crippen LogP contribution in [0.5, 0.6) is 0 Å². The minimum absolute atomic E-state index is 0.185. The molecule has 2 aromatic rings. The zero-order valence-corrected chi connectivity index (χ0v) is 14.8. The summed E-state index contributed by atoms with van der Waals surface area (Å²) in [5.74, 6) is -0.527. The number of esters is 1. The van der Waals surface area contributed by atoms with Crippen molar-refractivity contribution in [1.82, 2.24) is 5.32 Å². The largest absolute Gasteiger partial charge is 0.453 e. The van der Waals surface area contributed by atoms with E-state index in [1.165, 1.54) is 23.9 Å². The number of carbonyl (C=O) groups excluding carboxylic acids is 2. The van der Waals surface area contributed by atoms with Gasteiger partial charge in [-0.1, -0.05) is 6.07 Å². The highest BCUT2D eigenvalue weighted by atomic mass is 32.2. The van der Waals surface area contributed by atoms with Crippen molar-refractivity contribution in [2.45, 2.75) is 30.9 Å². The van der Waals surface area contributed by atoms with Crippen molar-refractivity contribution in [3.05, 3.63) is 52.5 Å². The Labute approximate surface area is 148 Å². The van der Waals surface area contributed by atoms with E-state index in [9.17, 15) is 14.0 Å². The van der Waals surface area contributed by atoms with E-state index in [1.807, 2.05) is 17.5 Å². The van der Waals surface area contributed by atoms with Gasteiger partial charge in [-0.2, -0.15) is 0 Å². The number of nitrogens with one attached hydrogen (secondary N) is 1. The van der Waals surface area contributed by atoms with E-state index in [-0.39, 0.29) is 18.1 Å². The molecule has 0 aliphatic carbocycles. The van der Waals surface area contributed by atoms with Crippen molar-refractivity contribution in [2.75, 3.05) is 5.75 Å². The van der Waals surface area contributed by atoms with E-state index in [0.29, 0.717) is 12.3 Å². The van der Waals surface area contributed by atoms with E-state index >= 15 is 0 Å². The highest BCUT2D eigenvalue weighted by Crippen LogP contribution is 2.19. The normalized spacial score (nSPS) is 11.8. The number of carbonyl (C=O) groups is 2. The molecule has 0 radical (unpaired) electrons. The van der Waals surface area contributed by atoms with Crippen LogP contribution in [-0.4, -0.2) is 23.7 Å². The fourth-order valence-electron chi connectivity index (χ4n) is 1.82. The molecule has 1 amide bonds. The lowest BCUT2D eigenvalue weighted by atomic mass is 10.3. The maximum Gasteiger partial charge on any atom is 0.307 e. The van der Waals surface area contributed by atoms with Crippen molar-refractivity contribution in [3.8, 4) is 0 Å². The summed E-state index contributed by atoms with van der Waals surface area (Å²) in [7, 11) is 0. The van der Waals surface area contributed by atoms with E-state index in [4.69, 9.17) is 4.74 Å². The minimum Gasteiger partial charge on any atom is -0.453 e. The Bertz CT molecular complexity index is 659. The lowest BCUT2D eigenvalue weighted by Gasteiger charge is -2.13. The molecule has 0 aliphatic rings. The van der Waals surface area contributed by atoms with Crippen LogP contribution in [0.3, 0.4) is 0 Å². The fourth-order valence-corrected chi connectivity index (χ4v) is 3.30. The van der Waals surface area contributed by atoms with Gasteiger partial charge in [0.1, 0.15) is 5.82 Å². The second-order valence-corrected chi connectivity index (χ2v) is 7.18. The standard InChI is InChI=1S/C17H18FNO3S2/c1-12(17(21)19-11-15-3-2-9-23-15)22-16(20)8-10-24-14-6-4-13(18)5-7-14/h2-7,9,12H,8,10-11H2,1H3,(H,19,21)/t12-/m0/s1. The van der Waals surface area contributed by atoms with Crippen molar-refractivity contribution < 1.29 is 18.7 Å². The van der Waals surface area contributed by atoms with Crippen LogP contribution in [0.1, 0.15) is 18.2 Å². The number of thiophene rings is 1. The Kier molecular flexibility index (Phi) is 7.27. The van der Waals surface area contributed by atoms with Gasteiger partial charge in [0, 0.05) is 15.5 Å². The monoisotopic (exact) mass is 367 g/mol. The summed E-state index contributed by atoms with van der Waals surface area (Å²) in [6.45, 7) is 1.98. The molecule has 1 N–H and O–H groups in total. The molecule has 0 aliphatic heterocycles. The average molecular weight is 367 g/mol. The molecule has 1 atom stereocenters. The van der Waals surface area contributed by atoms with Gasteiger partial charge >= 0.3 is 5.97 Å². The van der Waals surface area contributed by atoms with Crippen LogP contribution in [0.4, 0.5) is 4.39 Å². The lowest BCUT2D eigenvalue weighted by Crippen LogP contribution is -2.35. The third-order valence-corrected chi connectivity index (χ3v) is 4.97. The quantitative estimate of drug-likeness (QED) is 0.572. The van der Waals surface area contributed by atoms with Gasteiger partial charge in [0.15, 0.2) is 6.10 Å². The van der Waals surface area contributed by atoms with Crippen LogP contribution >= 0.6 is 23.1 Å². The molecular formula is C17H18FNO3S2. The molecule has 4 nitrogen and oxygen atoms in total. The number of thioether (sulfide) groups is 1. The van der Waals surface area contributed by atoms with Gasteiger partial charge in [-0.3, -0.25) is 9.59 Å². The summed E-state index contributed by atoms with van der Waals surface area (Å²) < 4.78 is 17.9. The average Bonchev–Trinajstić information content (AvgIpc) is 3.08. The first-order chi connectivity index (χ1) is 11.5. The summed E-state index contributed by atoms with van der Waals surface area (Å²) in [4.78, 5) is 25.6. The Hall–Kier alpha value is -1.86. The van der Waals surface area contributed by atoms with Crippen molar-refractivity contribution in [3.63, 3.8) is 0 Å². The first kappa shape index (κ1) is 18.5. The molecule has 0 bridgehead atoms. The van der Waals surface area contributed by atoms with Crippen LogP contribution in [0.15, 0.2) is 46.7 Å². The fraction of sp³-hybridized carbons (Fsp3) is 0.294. The molecule has 1 aromatic heterocycles. The number of halogens is 1. The topological polar surface area (TPSA) is 55.4 Å². The zero-order chi connectivity index (χ0) is 17.4. The first-order valence-corrected chi connectivity index (χ1v) is 9.29. The Morgan fingerprint density at radius 1 is 1.29 bits per heavy atom. The van der Waals surface area contributed by atoms with Gasteiger partial charge in [-0.05, 0) is 42.6 Å². The SMILES string of the molecule is C[C@H](OC(=O)CCSc1ccc(F)cc1)C(=O)NCc1cccs1. The molecule has 0 saturated heterocycles. The minimum atomic E-state index is -0.826. The van der Waals surface area contributed by atoms with Crippen molar-refractivity contribution >= 4 is 35.0 Å². The third kappa shape index (κ3) is 6.33. The number of ether oxygens (including phenoxy) is 1. The molecule has 1 heterocycles. The Morgan fingerprint density at radius 2 is 2.04 bits per heavy atom. The first-order valence-electron chi connectivity index (χ1n) is 7.42. The van der Waals surface area contributed by atoms with Gasteiger partial charge < -0.3 is 10.1 Å². The van der Waals surface area contributed by atoms with E-state index in [1.54, 1.807) is 30.4 Å². The molecule has 0 unspecified atom stereocenters. The molecule has 24 heavy (non-hydrogen) atoms. The van der Waals surface area contributed by atoms with Gasteiger partial charge in [0.25, 0.3) is 5.91 Å². The van der Waals surface area contributed by atoms with Gasteiger partial charge in [-0.25, -0.2) is 4.39 Å². The Morgan fingerprint density at radius 3 is 2.71 bits per heavy atom. The van der Waals surface area contributed by atoms with E-state index in [0.717, 1.165) is 9.77 Å². The summed E-state index contributed by atoms with van der Waals surface area (Å²) in [5.41, 5.74) is 0. The van der Waals surface area contributed by atoms with Gasteiger partial charge in [0.05, 0.1) is 13.0 Å². The molecule has 1 aromatic carbocycles. The summed E-state index contributed by atoms with van der Waals surface area (Å²) >= 11 is 2.99. The van der Waals surface area contributed by atoms with Gasteiger partial charge in [-0.15, -0.1) is 23.1 Å². The lowest BCUT2D eigenvalue weighted by molar-refractivity contribution is -0.154. The second-order valence-electron chi connectivity index (χ2n) is 4.98. The summed E-state index contributed by atoms with van der Waals surface area (Å²) in [6.07, 6.45) is -0.641. The Balaban J connectivity index is 1.65. The molecule has 0 fully saturated rings. The third-order valence-electron chi connectivity index (χ3n) is 3.08. The molecular weight excluding hydrogens is 349 g/mol. The van der Waals surface area contributed by atoms with Crippen LogP contribution in [-0.2, 0) is 20.9 Å². The van der Waals surface area contributed by atoms with Crippen LogP contribution in [0.2, 0.25) is 0 Å². The van der Waals surface area contributed by atoms with Crippen molar-refractivity contribution in [2.24, 2.45) is 0 Å². The highest BCUT2D eigenvalue weighted by molar-refractivity contribution is 7.99. The van der Waals surface area contributed by atoms with E-state index in [2.05, 4.69) is 5.32 Å². The van der Waals surface area contributed by atoms with E-state index < -0.39 is 12.1 Å². The zero-order valence-electron chi connectivity index (χ0n) is 13.2. The van der Waals surface area contributed by atoms with Crippen molar-refractivity contribution in [1.29, 1.82) is 0 Å². The number of hydrogen-bond donors (Lipinski definition) is 1. The smallest absolute Gasteiger partial charge is 0.307 e. The molecule has 0 saturated carbocycles. The number of rotatable bonds is 8.